The van der Waals surface area contributed by atoms with Crippen LogP contribution >= 0.6 is 0 Å². The maximum absolute atomic E-state index is 4.70. The molecule has 1 N–H and O–H groups in total. The average molecular weight is 258 g/mol. The topological polar surface area (TPSA) is 42.7 Å². The van der Waals surface area contributed by atoms with Crippen molar-refractivity contribution in [3.05, 3.63) is 41.3 Å². The Morgan fingerprint density at radius 2 is 2.11 bits per heavy atom. The van der Waals surface area contributed by atoms with Crippen molar-refractivity contribution in [1.82, 2.24) is 20.1 Å². The van der Waals surface area contributed by atoms with Crippen LogP contribution in [0, 0.1) is 6.92 Å². The first kappa shape index (κ1) is 13.7. The summed E-state index contributed by atoms with van der Waals surface area (Å²) in [5.74, 6) is 1.31. The number of hydrogen-bond donors (Lipinski definition) is 1. The number of aromatic nitrogens is 3. The number of pyridine rings is 1. The zero-order valence-electron chi connectivity index (χ0n) is 12.1. The van der Waals surface area contributed by atoms with Crippen LogP contribution in [0.25, 0.3) is 5.82 Å². The summed E-state index contributed by atoms with van der Waals surface area (Å²) in [6.07, 6.45) is 3.86. The predicted octanol–water partition coefficient (Wildman–Crippen LogP) is 2.81. The molecule has 0 aliphatic heterocycles. The lowest BCUT2D eigenvalue weighted by Crippen LogP contribution is -2.13. The first-order chi connectivity index (χ1) is 9.10. The van der Waals surface area contributed by atoms with Crippen molar-refractivity contribution in [2.24, 2.45) is 0 Å². The highest BCUT2D eigenvalue weighted by molar-refractivity contribution is 5.32. The van der Waals surface area contributed by atoms with E-state index in [-0.39, 0.29) is 0 Å². The molecule has 0 saturated heterocycles. The fourth-order valence-corrected chi connectivity index (χ4v) is 1.92. The highest BCUT2D eigenvalue weighted by atomic mass is 15.3. The van der Waals surface area contributed by atoms with E-state index in [1.54, 1.807) is 0 Å². The van der Waals surface area contributed by atoms with Crippen LogP contribution < -0.4 is 5.32 Å². The van der Waals surface area contributed by atoms with E-state index in [0.29, 0.717) is 5.92 Å². The Morgan fingerprint density at radius 1 is 1.32 bits per heavy atom. The second-order valence-corrected chi connectivity index (χ2v) is 5.16. The number of nitrogens with one attached hydrogen (secondary N) is 1. The Hall–Kier alpha value is -1.68. The lowest BCUT2D eigenvalue weighted by Gasteiger charge is -2.11. The van der Waals surface area contributed by atoms with Crippen molar-refractivity contribution in [3.63, 3.8) is 0 Å². The Balaban J connectivity index is 2.39. The maximum Gasteiger partial charge on any atom is 0.153 e. The van der Waals surface area contributed by atoms with Gasteiger partial charge in [-0.3, -0.25) is 0 Å². The van der Waals surface area contributed by atoms with Gasteiger partial charge in [0, 0.05) is 18.4 Å². The molecule has 102 valence electrons. The first-order valence-corrected chi connectivity index (χ1v) is 6.83. The molecule has 0 amide bonds. The molecule has 0 aliphatic rings. The molecule has 0 spiro atoms. The van der Waals surface area contributed by atoms with Gasteiger partial charge in [0.25, 0.3) is 0 Å². The minimum absolute atomic E-state index is 0.414. The number of nitrogens with zero attached hydrogens (tertiary/aromatic N) is 3. The number of hydrogen-bond acceptors (Lipinski definition) is 3. The summed E-state index contributed by atoms with van der Waals surface area (Å²) < 4.78 is 1.84. The summed E-state index contributed by atoms with van der Waals surface area (Å²) in [5, 5.41) is 7.70. The van der Waals surface area contributed by atoms with Gasteiger partial charge in [-0.05, 0) is 42.6 Å². The van der Waals surface area contributed by atoms with Gasteiger partial charge in [-0.15, -0.1) is 0 Å². The SMILES string of the molecule is CCNCc1cc(C(C)C)nc(-n2cc(C)cn2)c1. The number of rotatable bonds is 5. The van der Waals surface area contributed by atoms with Crippen LogP contribution in [0.3, 0.4) is 0 Å². The van der Waals surface area contributed by atoms with Gasteiger partial charge in [0.05, 0.1) is 6.20 Å². The standard InChI is InChI=1S/C15H22N4/c1-5-16-9-13-6-14(11(2)3)18-15(7-13)19-10-12(4)8-17-19/h6-8,10-11,16H,5,9H2,1-4H3. The predicted molar refractivity (Wildman–Crippen MR) is 77.6 cm³/mol. The molecule has 2 rings (SSSR count). The summed E-state index contributed by atoms with van der Waals surface area (Å²) in [7, 11) is 0. The van der Waals surface area contributed by atoms with E-state index >= 15 is 0 Å². The van der Waals surface area contributed by atoms with Crippen LogP contribution in [0.15, 0.2) is 24.5 Å². The summed E-state index contributed by atoms with van der Waals surface area (Å²) >= 11 is 0. The van der Waals surface area contributed by atoms with Gasteiger partial charge in [0.15, 0.2) is 5.82 Å². The van der Waals surface area contributed by atoms with E-state index in [9.17, 15) is 0 Å². The fourth-order valence-electron chi connectivity index (χ4n) is 1.92. The third kappa shape index (κ3) is 3.41. The van der Waals surface area contributed by atoms with Crippen molar-refractivity contribution in [2.45, 2.75) is 40.2 Å². The summed E-state index contributed by atoms with van der Waals surface area (Å²) in [5.41, 5.74) is 3.51. The lowest BCUT2D eigenvalue weighted by atomic mass is 10.1. The van der Waals surface area contributed by atoms with E-state index < -0.39 is 0 Å². The first-order valence-electron chi connectivity index (χ1n) is 6.83. The lowest BCUT2D eigenvalue weighted by molar-refractivity contribution is 0.714. The molecule has 19 heavy (non-hydrogen) atoms. The minimum atomic E-state index is 0.414. The van der Waals surface area contributed by atoms with E-state index in [0.717, 1.165) is 30.2 Å². The van der Waals surface area contributed by atoms with Gasteiger partial charge in [-0.1, -0.05) is 20.8 Å². The van der Waals surface area contributed by atoms with Gasteiger partial charge < -0.3 is 5.32 Å². The molecule has 0 saturated carbocycles. The highest BCUT2D eigenvalue weighted by Crippen LogP contribution is 2.17. The second-order valence-electron chi connectivity index (χ2n) is 5.16. The summed E-state index contributed by atoms with van der Waals surface area (Å²) in [6.45, 7) is 10.3. The van der Waals surface area contributed by atoms with Crippen LogP contribution in [-0.2, 0) is 6.54 Å². The van der Waals surface area contributed by atoms with Crippen LogP contribution in [0.5, 0.6) is 0 Å². The molecule has 0 bridgehead atoms. The molecular formula is C15H22N4. The molecule has 0 aromatic carbocycles. The van der Waals surface area contributed by atoms with E-state index in [2.05, 4.69) is 43.3 Å². The molecule has 2 heterocycles. The number of aryl methyl sites for hydroxylation is 1. The zero-order valence-corrected chi connectivity index (χ0v) is 12.1. The van der Waals surface area contributed by atoms with Gasteiger partial charge in [-0.25, -0.2) is 9.67 Å². The molecule has 4 nitrogen and oxygen atoms in total. The Labute approximate surface area is 114 Å². The minimum Gasteiger partial charge on any atom is -0.313 e. The van der Waals surface area contributed by atoms with Gasteiger partial charge in [0.2, 0.25) is 0 Å². The fraction of sp³-hybridized carbons (Fsp3) is 0.467. The molecule has 2 aromatic heterocycles. The summed E-state index contributed by atoms with van der Waals surface area (Å²) in [4.78, 5) is 4.70. The third-order valence-electron chi connectivity index (χ3n) is 3.01. The monoisotopic (exact) mass is 258 g/mol. The Bertz CT molecular complexity index is 543. The van der Waals surface area contributed by atoms with Crippen LogP contribution in [-0.4, -0.2) is 21.3 Å². The van der Waals surface area contributed by atoms with Crippen molar-refractivity contribution in [3.8, 4) is 5.82 Å². The zero-order chi connectivity index (χ0) is 13.8. The van der Waals surface area contributed by atoms with Crippen molar-refractivity contribution >= 4 is 0 Å². The molecule has 0 radical (unpaired) electrons. The highest BCUT2D eigenvalue weighted by Gasteiger charge is 2.08. The van der Waals surface area contributed by atoms with E-state index in [4.69, 9.17) is 4.98 Å². The Morgan fingerprint density at radius 3 is 2.68 bits per heavy atom. The van der Waals surface area contributed by atoms with Crippen LogP contribution in [0.2, 0.25) is 0 Å². The van der Waals surface area contributed by atoms with Gasteiger partial charge in [-0.2, -0.15) is 5.10 Å². The van der Waals surface area contributed by atoms with Crippen molar-refractivity contribution < 1.29 is 0 Å². The van der Waals surface area contributed by atoms with Crippen molar-refractivity contribution in [1.29, 1.82) is 0 Å². The summed E-state index contributed by atoms with van der Waals surface area (Å²) in [6, 6.07) is 4.27. The largest absolute Gasteiger partial charge is 0.313 e. The molecule has 2 aromatic rings. The molecule has 0 atom stereocenters. The van der Waals surface area contributed by atoms with E-state index in [1.807, 2.05) is 24.0 Å². The molecule has 0 unspecified atom stereocenters. The third-order valence-corrected chi connectivity index (χ3v) is 3.01. The molecule has 4 heteroatoms. The normalized spacial score (nSPS) is 11.2. The quantitative estimate of drug-likeness (QED) is 0.896. The van der Waals surface area contributed by atoms with E-state index in [1.165, 1.54) is 5.56 Å². The second kappa shape index (κ2) is 5.97. The molecular weight excluding hydrogens is 236 g/mol. The van der Waals surface area contributed by atoms with Gasteiger partial charge >= 0.3 is 0 Å². The van der Waals surface area contributed by atoms with Gasteiger partial charge in [0.1, 0.15) is 0 Å². The van der Waals surface area contributed by atoms with Crippen LogP contribution in [0.4, 0.5) is 0 Å². The molecule has 0 fully saturated rings. The maximum atomic E-state index is 4.70. The Kier molecular flexibility index (Phi) is 4.32. The molecule has 0 aliphatic carbocycles. The van der Waals surface area contributed by atoms with Crippen LogP contribution in [0.1, 0.15) is 43.5 Å². The average Bonchev–Trinajstić information content (AvgIpc) is 2.82. The smallest absolute Gasteiger partial charge is 0.153 e. The van der Waals surface area contributed by atoms with Crippen molar-refractivity contribution in [2.75, 3.05) is 6.54 Å².